The molecule has 1 aromatic heterocycles. The van der Waals surface area contributed by atoms with Gasteiger partial charge in [0.15, 0.2) is 0 Å². The number of hydrogen-bond donors (Lipinski definition) is 0. The monoisotopic (exact) mass is 326 g/mol. The summed E-state index contributed by atoms with van der Waals surface area (Å²) in [5.41, 5.74) is 0. The van der Waals surface area contributed by atoms with Gasteiger partial charge in [0.2, 0.25) is 5.13 Å². The summed E-state index contributed by atoms with van der Waals surface area (Å²) in [6.07, 6.45) is 4.63. The smallest absolute Gasteiger partial charge is 0.205 e. The highest BCUT2D eigenvalue weighted by Gasteiger charge is 2.27. The van der Waals surface area contributed by atoms with Crippen LogP contribution in [0.5, 0.6) is 0 Å². The summed E-state index contributed by atoms with van der Waals surface area (Å²) in [7, 11) is 1.72. The van der Waals surface area contributed by atoms with Crippen molar-refractivity contribution >= 4 is 16.7 Å². The van der Waals surface area contributed by atoms with Crippen LogP contribution in [0.1, 0.15) is 25.1 Å². The lowest BCUT2D eigenvalue weighted by atomic mass is 10.0. The molecule has 0 amide bonds. The van der Waals surface area contributed by atoms with Crippen molar-refractivity contribution in [3.8, 4) is 0 Å². The highest BCUT2D eigenvalue weighted by Crippen LogP contribution is 2.27. The lowest BCUT2D eigenvalue weighted by molar-refractivity contribution is 0.0338. The van der Waals surface area contributed by atoms with Crippen LogP contribution in [0.25, 0.3) is 0 Å². The molecule has 1 aromatic rings. The number of aromatic nitrogens is 2. The van der Waals surface area contributed by atoms with Crippen molar-refractivity contribution in [2.24, 2.45) is 0 Å². The van der Waals surface area contributed by atoms with E-state index in [0.717, 1.165) is 56.8 Å². The number of morpholine rings is 1. The Bertz CT molecular complexity index is 451. The summed E-state index contributed by atoms with van der Waals surface area (Å²) in [4.78, 5) is 9.73. The number of hydrogen-bond acceptors (Lipinski definition) is 7. The van der Waals surface area contributed by atoms with Crippen molar-refractivity contribution in [1.29, 1.82) is 0 Å². The van der Waals surface area contributed by atoms with E-state index in [-0.39, 0.29) is 0 Å². The van der Waals surface area contributed by atoms with Gasteiger partial charge in [0.05, 0.1) is 19.8 Å². The minimum absolute atomic E-state index is 0.565. The third kappa shape index (κ3) is 4.16. The zero-order chi connectivity index (χ0) is 15.2. The van der Waals surface area contributed by atoms with Gasteiger partial charge in [-0.05, 0) is 19.3 Å². The Morgan fingerprint density at radius 1 is 1.27 bits per heavy atom. The topological polar surface area (TPSA) is 50.7 Å². The van der Waals surface area contributed by atoms with Crippen molar-refractivity contribution in [2.45, 2.75) is 31.7 Å². The predicted octanol–water partition coefficient (Wildman–Crippen LogP) is 1.42. The molecular weight excluding hydrogens is 300 g/mol. The van der Waals surface area contributed by atoms with Crippen LogP contribution in [0.2, 0.25) is 0 Å². The fraction of sp³-hybridized carbons (Fsp3) is 0.867. The number of nitrogens with zero attached hydrogens (tertiary/aromatic N) is 4. The Morgan fingerprint density at radius 3 is 2.95 bits per heavy atom. The molecule has 1 atom stereocenters. The van der Waals surface area contributed by atoms with Crippen LogP contribution in [-0.4, -0.2) is 73.4 Å². The Hall–Kier alpha value is -0.760. The van der Waals surface area contributed by atoms with E-state index in [0.29, 0.717) is 12.6 Å². The van der Waals surface area contributed by atoms with Gasteiger partial charge in [0.1, 0.15) is 5.82 Å². The first-order valence-corrected chi connectivity index (χ1v) is 9.02. The molecule has 3 rings (SSSR count). The van der Waals surface area contributed by atoms with E-state index in [2.05, 4.69) is 14.2 Å². The fourth-order valence-electron chi connectivity index (χ4n) is 3.18. The molecule has 124 valence electrons. The largest absolute Gasteiger partial charge is 0.384 e. The van der Waals surface area contributed by atoms with Crippen LogP contribution in [-0.2, 0) is 15.9 Å². The van der Waals surface area contributed by atoms with Gasteiger partial charge in [-0.25, -0.2) is 4.98 Å². The second-order valence-corrected chi connectivity index (χ2v) is 6.72. The first-order chi connectivity index (χ1) is 10.9. The molecule has 0 bridgehead atoms. The molecule has 0 spiro atoms. The maximum atomic E-state index is 5.45. The molecule has 1 unspecified atom stereocenters. The van der Waals surface area contributed by atoms with Crippen LogP contribution in [0.4, 0.5) is 5.13 Å². The quantitative estimate of drug-likeness (QED) is 0.788. The van der Waals surface area contributed by atoms with Crippen molar-refractivity contribution in [3.05, 3.63) is 5.82 Å². The van der Waals surface area contributed by atoms with Crippen LogP contribution in [0, 0.1) is 0 Å². The molecule has 0 N–H and O–H groups in total. The van der Waals surface area contributed by atoms with Gasteiger partial charge >= 0.3 is 0 Å². The van der Waals surface area contributed by atoms with E-state index in [1.807, 2.05) is 0 Å². The van der Waals surface area contributed by atoms with Gasteiger partial charge in [-0.15, -0.1) is 0 Å². The number of anilines is 1. The van der Waals surface area contributed by atoms with Gasteiger partial charge in [-0.2, -0.15) is 4.37 Å². The summed E-state index contributed by atoms with van der Waals surface area (Å²) < 4.78 is 15.1. The van der Waals surface area contributed by atoms with Gasteiger partial charge in [0, 0.05) is 57.3 Å². The van der Waals surface area contributed by atoms with E-state index in [1.54, 1.807) is 7.11 Å². The Labute approximate surface area is 136 Å². The molecule has 2 saturated heterocycles. The first-order valence-electron chi connectivity index (χ1n) is 8.25. The molecule has 2 aliphatic rings. The van der Waals surface area contributed by atoms with E-state index in [4.69, 9.17) is 14.5 Å². The molecule has 0 radical (unpaired) electrons. The summed E-state index contributed by atoms with van der Waals surface area (Å²) in [5, 5.41) is 1.09. The second kappa shape index (κ2) is 8.19. The van der Waals surface area contributed by atoms with Crippen molar-refractivity contribution < 1.29 is 9.47 Å². The molecule has 6 nitrogen and oxygen atoms in total. The second-order valence-electron chi connectivity index (χ2n) is 5.99. The Balaban J connectivity index is 1.62. The van der Waals surface area contributed by atoms with Gasteiger partial charge < -0.3 is 14.4 Å². The molecule has 3 heterocycles. The summed E-state index contributed by atoms with van der Waals surface area (Å²) in [6, 6.07) is 0.565. The van der Waals surface area contributed by atoms with E-state index < -0.39 is 0 Å². The van der Waals surface area contributed by atoms with E-state index in [9.17, 15) is 0 Å². The standard InChI is InChI=1S/C15H26N4O2S/c1-20-9-5-14-16-15(22-17-14)19-6-3-2-4-13(19)12-18-7-10-21-11-8-18/h13H,2-12H2,1H3. The highest BCUT2D eigenvalue weighted by molar-refractivity contribution is 7.09. The van der Waals surface area contributed by atoms with Crippen molar-refractivity contribution in [2.75, 3.05) is 58.0 Å². The number of piperidine rings is 1. The predicted molar refractivity (Wildman–Crippen MR) is 87.7 cm³/mol. The molecule has 0 aromatic carbocycles. The Kier molecular flexibility index (Phi) is 6.00. The van der Waals surface area contributed by atoms with Crippen LogP contribution >= 0.6 is 11.5 Å². The molecule has 7 heteroatoms. The summed E-state index contributed by atoms with van der Waals surface area (Å²) >= 11 is 1.54. The molecule has 0 aliphatic carbocycles. The normalized spacial score (nSPS) is 23.9. The van der Waals surface area contributed by atoms with E-state index in [1.165, 1.54) is 30.8 Å². The maximum Gasteiger partial charge on any atom is 0.205 e. The van der Waals surface area contributed by atoms with E-state index >= 15 is 0 Å². The highest BCUT2D eigenvalue weighted by atomic mass is 32.1. The number of ether oxygens (including phenoxy) is 2. The van der Waals surface area contributed by atoms with Crippen molar-refractivity contribution in [1.82, 2.24) is 14.3 Å². The minimum atomic E-state index is 0.565. The zero-order valence-corrected chi connectivity index (χ0v) is 14.2. The summed E-state index contributed by atoms with van der Waals surface area (Å²) in [5.74, 6) is 0.914. The SMILES string of the molecule is COCCc1nsc(N2CCCCC2CN2CCOCC2)n1. The summed E-state index contributed by atoms with van der Waals surface area (Å²) in [6.45, 7) is 6.76. The molecular formula is C15H26N4O2S. The number of methoxy groups -OCH3 is 1. The average molecular weight is 326 g/mol. The molecule has 0 saturated carbocycles. The van der Waals surface area contributed by atoms with Crippen LogP contribution < -0.4 is 4.90 Å². The maximum absolute atomic E-state index is 5.45. The van der Waals surface area contributed by atoms with Gasteiger partial charge in [-0.3, -0.25) is 4.90 Å². The van der Waals surface area contributed by atoms with Crippen LogP contribution in [0.3, 0.4) is 0 Å². The minimum Gasteiger partial charge on any atom is -0.384 e. The number of rotatable bonds is 6. The molecule has 2 fully saturated rings. The first kappa shape index (κ1) is 16.1. The molecule has 2 aliphatic heterocycles. The lowest BCUT2D eigenvalue weighted by Crippen LogP contribution is -2.49. The molecule has 22 heavy (non-hydrogen) atoms. The lowest BCUT2D eigenvalue weighted by Gasteiger charge is -2.39. The average Bonchev–Trinajstić information content (AvgIpc) is 3.03. The van der Waals surface area contributed by atoms with Crippen molar-refractivity contribution in [3.63, 3.8) is 0 Å². The van der Waals surface area contributed by atoms with Crippen LogP contribution in [0.15, 0.2) is 0 Å². The zero-order valence-electron chi connectivity index (χ0n) is 13.4. The van der Waals surface area contributed by atoms with Gasteiger partial charge in [0.25, 0.3) is 0 Å². The Morgan fingerprint density at radius 2 is 2.14 bits per heavy atom. The fourth-order valence-corrected chi connectivity index (χ4v) is 3.99. The van der Waals surface area contributed by atoms with Gasteiger partial charge in [-0.1, -0.05) is 0 Å². The third-order valence-electron chi connectivity index (χ3n) is 4.43. The third-order valence-corrected chi connectivity index (χ3v) is 5.22.